The van der Waals surface area contributed by atoms with E-state index in [1.165, 1.54) is 28.8 Å². The van der Waals surface area contributed by atoms with E-state index >= 15 is 0 Å². The third-order valence-corrected chi connectivity index (χ3v) is 6.88. The molecule has 1 saturated heterocycles. The van der Waals surface area contributed by atoms with Gasteiger partial charge in [0.15, 0.2) is 0 Å². The summed E-state index contributed by atoms with van der Waals surface area (Å²) in [7, 11) is 0. The van der Waals surface area contributed by atoms with Crippen molar-refractivity contribution in [2.45, 2.75) is 38.0 Å². The zero-order valence-corrected chi connectivity index (χ0v) is 19.1. The number of benzene rings is 3. The Labute approximate surface area is 196 Å². The van der Waals surface area contributed by atoms with Crippen LogP contribution < -0.4 is 5.73 Å². The van der Waals surface area contributed by atoms with Crippen LogP contribution in [-0.2, 0) is 17.6 Å². The number of halogens is 1. The summed E-state index contributed by atoms with van der Waals surface area (Å²) in [5, 5.41) is 0. The zero-order chi connectivity index (χ0) is 23.0. The summed E-state index contributed by atoms with van der Waals surface area (Å²) in [5.41, 5.74) is 10.6. The Morgan fingerprint density at radius 2 is 1.48 bits per heavy atom. The molecule has 1 amide bonds. The van der Waals surface area contributed by atoms with Crippen LogP contribution in [0.25, 0.3) is 0 Å². The van der Waals surface area contributed by atoms with Crippen LogP contribution >= 0.6 is 0 Å². The summed E-state index contributed by atoms with van der Waals surface area (Å²) in [4.78, 5) is 14.4. The van der Waals surface area contributed by atoms with Crippen LogP contribution in [0.5, 0.6) is 0 Å². The minimum atomic E-state index is -0.200. The Morgan fingerprint density at radius 3 is 2.09 bits per heavy atom. The maximum absolute atomic E-state index is 13.1. The molecule has 0 radical (unpaired) electrons. The number of hydrogen-bond acceptors (Lipinski definition) is 2. The summed E-state index contributed by atoms with van der Waals surface area (Å²) in [6.07, 6.45) is 4.63. The lowest BCUT2D eigenvalue weighted by molar-refractivity contribution is -0.122. The predicted octanol–water partition coefficient (Wildman–Crippen LogP) is 5.33. The molecule has 4 heteroatoms. The zero-order valence-electron chi connectivity index (χ0n) is 19.1. The van der Waals surface area contributed by atoms with Gasteiger partial charge in [0.2, 0.25) is 5.91 Å². The smallest absolute Gasteiger partial charge is 0.220 e. The standard InChI is InChI=1S/C29H33FN2O/c30-28-12-8-24(9-13-28)20-23-6-10-25(11-7-23)26-14-17-32(18-15-26)19-16-27(29(31)33)21-22-4-2-1-3-5-22/h1-13,26-27H,14-21H2,(H2,31,33). The van der Waals surface area contributed by atoms with Gasteiger partial charge in [-0.05, 0) is 92.0 Å². The third-order valence-electron chi connectivity index (χ3n) is 6.88. The molecule has 0 bridgehead atoms. The van der Waals surface area contributed by atoms with Gasteiger partial charge < -0.3 is 10.6 Å². The molecule has 0 aliphatic carbocycles. The van der Waals surface area contributed by atoms with Gasteiger partial charge in [-0.1, -0.05) is 66.7 Å². The van der Waals surface area contributed by atoms with Crippen LogP contribution in [0.2, 0.25) is 0 Å². The molecule has 1 aliphatic heterocycles. The van der Waals surface area contributed by atoms with Gasteiger partial charge in [0, 0.05) is 5.92 Å². The monoisotopic (exact) mass is 444 g/mol. The second-order valence-electron chi connectivity index (χ2n) is 9.24. The molecule has 172 valence electrons. The van der Waals surface area contributed by atoms with Gasteiger partial charge in [0.05, 0.1) is 0 Å². The number of hydrogen-bond donors (Lipinski definition) is 1. The molecule has 1 fully saturated rings. The fraction of sp³-hybridized carbons (Fsp3) is 0.345. The number of nitrogens with zero attached hydrogens (tertiary/aromatic N) is 1. The molecular weight excluding hydrogens is 411 g/mol. The van der Waals surface area contributed by atoms with E-state index in [0.717, 1.165) is 57.3 Å². The van der Waals surface area contributed by atoms with Crippen molar-refractivity contribution in [1.82, 2.24) is 4.90 Å². The van der Waals surface area contributed by atoms with Crippen LogP contribution in [0, 0.1) is 11.7 Å². The highest BCUT2D eigenvalue weighted by molar-refractivity contribution is 5.77. The molecule has 1 unspecified atom stereocenters. The predicted molar refractivity (Wildman–Crippen MR) is 132 cm³/mol. The van der Waals surface area contributed by atoms with Crippen molar-refractivity contribution in [2.24, 2.45) is 11.7 Å². The molecule has 3 aromatic rings. The first kappa shape index (κ1) is 23.2. The highest BCUT2D eigenvalue weighted by Crippen LogP contribution is 2.29. The molecule has 0 spiro atoms. The third kappa shape index (κ3) is 6.75. The number of carbonyl (C=O) groups is 1. The summed E-state index contributed by atoms with van der Waals surface area (Å²) < 4.78 is 13.1. The lowest BCUT2D eigenvalue weighted by Crippen LogP contribution is -2.36. The molecule has 1 heterocycles. The highest BCUT2D eigenvalue weighted by atomic mass is 19.1. The van der Waals surface area contributed by atoms with Gasteiger partial charge in [0.25, 0.3) is 0 Å². The fourth-order valence-electron chi connectivity index (χ4n) is 4.82. The Bertz CT molecular complexity index is 1010. The van der Waals surface area contributed by atoms with Crippen LogP contribution in [-0.4, -0.2) is 30.4 Å². The molecule has 3 aromatic carbocycles. The quantitative estimate of drug-likeness (QED) is 0.485. The maximum Gasteiger partial charge on any atom is 0.220 e. The molecule has 0 aromatic heterocycles. The van der Waals surface area contributed by atoms with Crippen molar-refractivity contribution in [3.63, 3.8) is 0 Å². The topological polar surface area (TPSA) is 46.3 Å². The summed E-state index contributed by atoms with van der Waals surface area (Å²) >= 11 is 0. The van der Waals surface area contributed by atoms with E-state index in [1.807, 2.05) is 30.3 Å². The minimum absolute atomic E-state index is 0.112. The van der Waals surface area contributed by atoms with E-state index in [-0.39, 0.29) is 17.6 Å². The molecule has 2 N–H and O–H groups in total. The van der Waals surface area contributed by atoms with Crippen molar-refractivity contribution in [1.29, 1.82) is 0 Å². The van der Waals surface area contributed by atoms with Crippen molar-refractivity contribution in [2.75, 3.05) is 19.6 Å². The molecule has 0 saturated carbocycles. The van der Waals surface area contributed by atoms with E-state index in [2.05, 4.69) is 41.3 Å². The lowest BCUT2D eigenvalue weighted by atomic mass is 9.88. The van der Waals surface area contributed by atoms with Crippen molar-refractivity contribution < 1.29 is 9.18 Å². The molecule has 1 atom stereocenters. The largest absolute Gasteiger partial charge is 0.369 e. The normalized spacial score (nSPS) is 15.9. The number of likely N-dealkylation sites (tertiary alicyclic amines) is 1. The van der Waals surface area contributed by atoms with Gasteiger partial charge in [-0.25, -0.2) is 4.39 Å². The number of amides is 1. The van der Waals surface area contributed by atoms with E-state index in [0.29, 0.717) is 5.92 Å². The Balaban J connectivity index is 1.24. The maximum atomic E-state index is 13.1. The summed E-state index contributed by atoms with van der Waals surface area (Å²) in [6, 6.07) is 25.8. The second-order valence-corrected chi connectivity index (χ2v) is 9.24. The minimum Gasteiger partial charge on any atom is -0.369 e. The SMILES string of the molecule is NC(=O)C(CCN1CCC(c2ccc(Cc3ccc(F)cc3)cc2)CC1)Cc1ccccc1. The van der Waals surface area contributed by atoms with Gasteiger partial charge in [0.1, 0.15) is 5.82 Å². The first-order chi connectivity index (χ1) is 16.1. The highest BCUT2D eigenvalue weighted by Gasteiger charge is 2.23. The van der Waals surface area contributed by atoms with Crippen molar-refractivity contribution >= 4 is 5.91 Å². The van der Waals surface area contributed by atoms with Gasteiger partial charge in [-0.2, -0.15) is 0 Å². The average molecular weight is 445 g/mol. The van der Waals surface area contributed by atoms with E-state index < -0.39 is 0 Å². The fourth-order valence-corrected chi connectivity index (χ4v) is 4.82. The Morgan fingerprint density at radius 1 is 0.879 bits per heavy atom. The molecule has 3 nitrogen and oxygen atoms in total. The number of primary amides is 1. The lowest BCUT2D eigenvalue weighted by Gasteiger charge is -2.33. The first-order valence-electron chi connectivity index (χ1n) is 12.0. The number of piperidine rings is 1. The molecular formula is C29H33FN2O. The van der Waals surface area contributed by atoms with Gasteiger partial charge in [-0.3, -0.25) is 4.79 Å². The van der Waals surface area contributed by atoms with Gasteiger partial charge >= 0.3 is 0 Å². The van der Waals surface area contributed by atoms with Crippen molar-refractivity contribution in [3.05, 3.63) is 107 Å². The van der Waals surface area contributed by atoms with Crippen molar-refractivity contribution in [3.8, 4) is 0 Å². The Hall–Kier alpha value is -2.98. The summed E-state index contributed by atoms with van der Waals surface area (Å²) in [5.74, 6) is 0.0763. The average Bonchev–Trinajstić information content (AvgIpc) is 2.84. The molecule has 4 rings (SSSR count). The first-order valence-corrected chi connectivity index (χ1v) is 12.0. The second kappa shape index (κ2) is 11.2. The van der Waals surface area contributed by atoms with Crippen LogP contribution in [0.15, 0.2) is 78.9 Å². The van der Waals surface area contributed by atoms with Crippen LogP contribution in [0.4, 0.5) is 4.39 Å². The van der Waals surface area contributed by atoms with E-state index in [1.54, 1.807) is 0 Å². The summed E-state index contributed by atoms with van der Waals surface area (Å²) in [6.45, 7) is 3.03. The Kier molecular flexibility index (Phi) is 7.90. The number of nitrogens with two attached hydrogens (primary N) is 1. The number of rotatable bonds is 9. The van der Waals surface area contributed by atoms with Crippen LogP contribution in [0.3, 0.4) is 0 Å². The number of carbonyl (C=O) groups excluding carboxylic acids is 1. The van der Waals surface area contributed by atoms with E-state index in [9.17, 15) is 9.18 Å². The van der Waals surface area contributed by atoms with Gasteiger partial charge in [-0.15, -0.1) is 0 Å². The van der Waals surface area contributed by atoms with Crippen LogP contribution in [0.1, 0.15) is 47.4 Å². The molecule has 33 heavy (non-hydrogen) atoms. The molecule has 1 aliphatic rings. The van der Waals surface area contributed by atoms with E-state index in [4.69, 9.17) is 5.73 Å².